The van der Waals surface area contributed by atoms with Gasteiger partial charge in [-0.3, -0.25) is 4.90 Å². The van der Waals surface area contributed by atoms with E-state index in [1.807, 2.05) is 18.2 Å². The summed E-state index contributed by atoms with van der Waals surface area (Å²) in [6.45, 7) is 0.520. The fraction of sp³-hybridized carbons (Fsp3) is 0.444. The molecule has 8 heteroatoms. The third-order valence-corrected chi connectivity index (χ3v) is 6.03. The molecular weight excluding hydrogens is 358 g/mol. The summed E-state index contributed by atoms with van der Waals surface area (Å²) in [6.07, 6.45) is -0.303. The van der Waals surface area contributed by atoms with Gasteiger partial charge >= 0.3 is 0 Å². The number of benzene rings is 1. The van der Waals surface area contributed by atoms with E-state index in [9.17, 15) is 18.6 Å². The van der Waals surface area contributed by atoms with Gasteiger partial charge in [0.05, 0.1) is 36.5 Å². The van der Waals surface area contributed by atoms with E-state index in [-0.39, 0.29) is 24.7 Å². The summed E-state index contributed by atoms with van der Waals surface area (Å²) >= 11 is 0. The lowest BCUT2D eigenvalue weighted by Crippen LogP contribution is -2.47. The van der Waals surface area contributed by atoms with E-state index in [4.69, 9.17) is 9.15 Å². The Morgan fingerprint density at radius 2 is 1.96 bits per heavy atom. The van der Waals surface area contributed by atoms with E-state index in [0.29, 0.717) is 18.1 Å². The lowest BCUT2D eigenvalue weighted by atomic mass is 10.1. The molecule has 0 radical (unpaired) electrons. The Morgan fingerprint density at radius 1 is 1.19 bits per heavy atom. The summed E-state index contributed by atoms with van der Waals surface area (Å²) in [4.78, 5) is 1.74. The average Bonchev–Trinajstić information content (AvgIpc) is 3.20. The van der Waals surface area contributed by atoms with E-state index in [2.05, 4.69) is 0 Å². The maximum atomic E-state index is 11.9. The lowest BCUT2D eigenvalue weighted by Gasteiger charge is -2.31. The Morgan fingerprint density at radius 3 is 2.58 bits per heavy atom. The molecule has 2 aromatic rings. The van der Waals surface area contributed by atoms with Crippen LogP contribution in [0, 0.1) is 0 Å². The zero-order valence-electron chi connectivity index (χ0n) is 14.3. The largest absolute Gasteiger partial charge is 0.491 e. The molecule has 0 saturated carbocycles. The number of hydrogen-bond acceptors (Lipinski definition) is 7. The highest BCUT2D eigenvalue weighted by atomic mass is 32.2. The van der Waals surface area contributed by atoms with Crippen LogP contribution in [0.25, 0.3) is 0 Å². The van der Waals surface area contributed by atoms with Crippen molar-refractivity contribution in [1.82, 2.24) is 4.90 Å². The molecule has 3 rings (SSSR count). The second-order valence-corrected chi connectivity index (χ2v) is 8.65. The highest BCUT2D eigenvalue weighted by Gasteiger charge is 2.40. The zero-order chi connectivity index (χ0) is 18.6. The Balaban J connectivity index is 1.65. The number of para-hydroxylation sites is 1. The fourth-order valence-corrected chi connectivity index (χ4v) is 4.94. The third-order valence-electron chi connectivity index (χ3n) is 4.33. The van der Waals surface area contributed by atoms with Gasteiger partial charge in [-0.2, -0.15) is 0 Å². The van der Waals surface area contributed by atoms with Gasteiger partial charge in [-0.25, -0.2) is 8.42 Å². The van der Waals surface area contributed by atoms with Crippen LogP contribution in [0.15, 0.2) is 53.1 Å². The third kappa shape index (κ3) is 5.07. The van der Waals surface area contributed by atoms with Crippen LogP contribution in [0.1, 0.15) is 5.76 Å². The van der Waals surface area contributed by atoms with Crippen LogP contribution in [0.2, 0.25) is 0 Å². The summed E-state index contributed by atoms with van der Waals surface area (Å²) in [7, 11) is -3.29. The summed E-state index contributed by atoms with van der Waals surface area (Å²) in [5.41, 5.74) is 0. The molecule has 1 fully saturated rings. The first-order valence-electron chi connectivity index (χ1n) is 8.44. The van der Waals surface area contributed by atoms with Gasteiger partial charge in [0.2, 0.25) is 0 Å². The van der Waals surface area contributed by atoms with Crippen molar-refractivity contribution in [2.45, 2.75) is 24.8 Å². The van der Waals surface area contributed by atoms with Crippen LogP contribution < -0.4 is 4.74 Å². The van der Waals surface area contributed by atoms with Gasteiger partial charge in [-0.05, 0) is 24.3 Å². The average molecular weight is 381 g/mol. The molecule has 0 amide bonds. The second-order valence-electron chi connectivity index (χ2n) is 6.50. The predicted molar refractivity (Wildman–Crippen MR) is 95.5 cm³/mol. The Hall–Kier alpha value is -1.87. The molecule has 1 saturated heterocycles. The quantitative estimate of drug-likeness (QED) is 0.693. The number of nitrogens with zero attached hydrogens (tertiary/aromatic N) is 1. The summed E-state index contributed by atoms with van der Waals surface area (Å²) < 4.78 is 34.6. The van der Waals surface area contributed by atoms with Crippen molar-refractivity contribution in [2.75, 3.05) is 24.7 Å². The van der Waals surface area contributed by atoms with Crippen LogP contribution in [0.4, 0.5) is 0 Å². The van der Waals surface area contributed by atoms with Crippen molar-refractivity contribution in [3.05, 3.63) is 54.5 Å². The van der Waals surface area contributed by atoms with Crippen molar-refractivity contribution in [2.24, 2.45) is 0 Å². The van der Waals surface area contributed by atoms with Gasteiger partial charge in [0.1, 0.15) is 24.2 Å². The van der Waals surface area contributed by atoms with Crippen LogP contribution in [0.3, 0.4) is 0 Å². The van der Waals surface area contributed by atoms with Crippen molar-refractivity contribution in [1.29, 1.82) is 0 Å². The van der Waals surface area contributed by atoms with Crippen molar-refractivity contribution in [3.8, 4) is 5.75 Å². The molecule has 1 aliphatic heterocycles. The number of furan rings is 1. The molecule has 0 spiro atoms. The van der Waals surface area contributed by atoms with E-state index >= 15 is 0 Å². The van der Waals surface area contributed by atoms with Crippen LogP contribution >= 0.6 is 0 Å². The molecule has 2 heterocycles. The Kier molecular flexibility index (Phi) is 5.98. The normalized spacial score (nSPS) is 23.2. The molecule has 0 unspecified atom stereocenters. The second kappa shape index (κ2) is 8.22. The van der Waals surface area contributed by atoms with Gasteiger partial charge in [0.25, 0.3) is 0 Å². The van der Waals surface area contributed by atoms with E-state index in [1.54, 1.807) is 29.2 Å². The number of aliphatic hydroxyl groups excluding tert-OH is 2. The smallest absolute Gasteiger partial charge is 0.154 e. The van der Waals surface area contributed by atoms with Gasteiger partial charge in [0, 0.05) is 6.54 Å². The van der Waals surface area contributed by atoms with Gasteiger partial charge in [-0.15, -0.1) is 0 Å². The van der Waals surface area contributed by atoms with Crippen LogP contribution in [-0.4, -0.2) is 66.4 Å². The van der Waals surface area contributed by atoms with Crippen molar-refractivity contribution < 1.29 is 27.8 Å². The SMILES string of the molecule is O=S1(=O)C[C@H](O)[C@@H](N(Cc2ccco2)C[C@H](O)COc2ccccc2)C1. The van der Waals surface area contributed by atoms with Crippen molar-refractivity contribution in [3.63, 3.8) is 0 Å². The maximum Gasteiger partial charge on any atom is 0.154 e. The lowest BCUT2D eigenvalue weighted by molar-refractivity contribution is 0.0190. The summed E-state index contributed by atoms with van der Waals surface area (Å²) in [5, 5.41) is 20.5. The molecule has 7 nitrogen and oxygen atoms in total. The molecular formula is C18H23NO6S. The molecule has 142 valence electrons. The molecule has 1 aromatic carbocycles. The highest BCUT2D eigenvalue weighted by Crippen LogP contribution is 2.21. The number of rotatable bonds is 8. The molecule has 1 aromatic heterocycles. The molecule has 2 N–H and O–H groups in total. The van der Waals surface area contributed by atoms with Gasteiger partial charge < -0.3 is 19.4 Å². The summed E-state index contributed by atoms with van der Waals surface area (Å²) in [6, 6.07) is 12.1. The first-order chi connectivity index (χ1) is 12.4. The minimum Gasteiger partial charge on any atom is -0.491 e. The Labute approximate surface area is 152 Å². The van der Waals surface area contributed by atoms with Crippen LogP contribution in [0.5, 0.6) is 5.75 Å². The first kappa shape index (κ1) is 18.9. The van der Waals surface area contributed by atoms with Crippen molar-refractivity contribution >= 4 is 9.84 Å². The minimum absolute atomic E-state index is 0.0637. The number of ether oxygens (including phenoxy) is 1. The van der Waals surface area contributed by atoms with Gasteiger partial charge in [0.15, 0.2) is 9.84 Å². The summed E-state index contributed by atoms with van der Waals surface area (Å²) in [5.74, 6) is 0.884. The molecule has 0 aliphatic carbocycles. The Bertz CT molecular complexity index is 777. The van der Waals surface area contributed by atoms with E-state index in [1.165, 1.54) is 6.26 Å². The fourth-order valence-electron chi connectivity index (χ4n) is 3.11. The maximum absolute atomic E-state index is 11.9. The standard InChI is InChI=1S/C18H23NO6S/c20-14(11-25-15-5-2-1-3-6-15)9-19(10-16-7-4-8-24-16)17-12-26(22,23)13-18(17)21/h1-8,14,17-18,20-21H,9-13H2/t14-,17-,18-/m0/s1. The highest BCUT2D eigenvalue weighted by molar-refractivity contribution is 7.91. The number of aliphatic hydroxyl groups is 2. The first-order valence-corrected chi connectivity index (χ1v) is 10.3. The van der Waals surface area contributed by atoms with E-state index in [0.717, 1.165) is 0 Å². The number of sulfone groups is 1. The van der Waals surface area contributed by atoms with Gasteiger partial charge in [-0.1, -0.05) is 18.2 Å². The topological polar surface area (TPSA) is 100 Å². The van der Waals surface area contributed by atoms with E-state index < -0.39 is 28.1 Å². The van der Waals surface area contributed by atoms with Crippen LogP contribution in [-0.2, 0) is 16.4 Å². The predicted octanol–water partition coefficient (Wildman–Crippen LogP) is 0.679. The minimum atomic E-state index is -3.29. The number of hydrogen-bond donors (Lipinski definition) is 2. The zero-order valence-corrected chi connectivity index (χ0v) is 15.1. The monoisotopic (exact) mass is 381 g/mol. The molecule has 1 aliphatic rings. The molecule has 3 atom stereocenters. The molecule has 26 heavy (non-hydrogen) atoms. The molecule has 0 bridgehead atoms.